The highest BCUT2D eigenvalue weighted by Crippen LogP contribution is 2.28. The molecule has 1 aromatic carbocycles. The van der Waals surface area contributed by atoms with Gasteiger partial charge in [-0.2, -0.15) is 0 Å². The summed E-state index contributed by atoms with van der Waals surface area (Å²) in [5.74, 6) is 0.791. The lowest BCUT2D eigenvalue weighted by molar-refractivity contribution is 0.296. The van der Waals surface area contributed by atoms with Crippen LogP contribution in [-0.2, 0) is 6.42 Å². The second-order valence-electron chi connectivity index (χ2n) is 3.20. The third-order valence-electron chi connectivity index (χ3n) is 2.27. The number of aliphatic hydroxyl groups excluding tert-OH is 1. The number of hydrogen-bond donors (Lipinski definition) is 1. The van der Waals surface area contributed by atoms with Crippen molar-refractivity contribution in [3.05, 3.63) is 23.8 Å². The van der Waals surface area contributed by atoms with Crippen LogP contribution in [0.1, 0.15) is 12.5 Å². The molecule has 0 bridgehead atoms. The quantitative estimate of drug-likeness (QED) is 0.741. The molecule has 0 aromatic heterocycles. The van der Waals surface area contributed by atoms with E-state index in [-0.39, 0.29) is 6.73 Å². The Labute approximate surface area is 84.9 Å². The van der Waals surface area contributed by atoms with Crippen molar-refractivity contribution in [1.82, 2.24) is 0 Å². The van der Waals surface area contributed by atoms with Crippen LogP contribution in [-0.4, -0.2) is 26.0 Å². The Morgan fingerprint density at radius 1 is 1.43 bits per heavy atom. The Bertz CT molecular complexity index is 299. The van der Waals surface area contributed by atoms with Crippen molar-refractivity contribution in [2.75, 3.05) is 25.8 Å². The molecule has 0 aliphatic carbocycles. The van der Waals surface area contributed by atoms with Crippen molar-refractivity contribution in [2.24, 2.45) is 0 Å². The first kappa shape index (κ1) is 10.9. The molecule has 0 saturated heterocycles. The maximum atomic E-state index is 9.04. The smallest absolute Gasteiger partial charge is 0.142 e. The van der Waals surface area contributed by atoms with E-state index in [4.69, 9.17) is 9.84 Å². The van der Waals surface area contributed by atoms with Crippen molar-refractivity contribution >= 4 is 5.69 Å². The summed E-state index contributed by atoms with van der Waals surface area (Å²) in [4.78, 5) is 1.75. The minimum atomic E-state index is -0.0104. The molecule has 78 valence electrons. The van der Waals surface area contributed by atoms with Gasteiger partial charge in [0.2, 0.25) is 0 Å². The second kappa shape index (κ2) is 4.86. The van der Waals surface area contributed by atoms with Gasteiger partial charge in [0.25, 0.3) is 0 Å². The number of aryl methyl sites for hydroxylation is 1. The average molecular weight is 195 g/mol. The number of methoxy groups -OCH3 is 1. The van der Waals surface area contributed by atoms with Crippen LogP contribution < -0.4 is 9.64 Å². The third kappa shape index (κ3) is 2.17. The van der Waals surface area contributed by atoms with Crippen molar-refractivity contribution in [1.29, 1.82) is 0 Å². The van der Waals surface area contributed by atoms with Gasteiger partial charge >= 0.3 is 0 Å². The lowest BCUT2D eigenvalue weighted by Crippen LogP contribution is -2.18. The first-order valence-electron chi connectivity index (χ1n) is 4.71. The summed E-state index contributed by atoms with van der Waals surface area (Å²) in [5, 5.41) is 9.04. The molecule has 1 N–H and O–H groups in total. The molecule has 0 atom stereocenters. The van der Waals surface area contributed by atoms with E-state index < -0.39 is 0 Å². The maximum Gasteiger partial charge on any atom is 0.142 e. The molecule has 3 heteroatoms. The first-order chi connectivity index (χ1) is 6.72. The predicted molar refractivity (Wildman–Crippen MR) is 57.9 cm³/mol. The average Bonchev–Trinajstić information content (AvgIpc) is 2.27. The fourth-order valence-corrected chi connectivity index (χ4v) is 1.33. The molecular weight excluding hydrogens is 178 g/mol. The van der Waals surface area contributed by atoms with E-state index >= 15 is 0 Å². The first-order valence-corrected chi connectivity index (χ1v) is 4.71. The van der Waals surface area contributed by atoms with E-state index in [1.165, 1.54) is 5.56 Å². The summed E-state index contributed by atoms with van der Waals surface area (Å²) in [6.45, 7) is 2.09. The van der Waals surface area contributed by atoms with Gasteiger partial charge in [0.15, 0.2) is 0 Å². The molecular formula is C11H17NO2. The van der Waals surface area contributed by atoms with Crippen LogP contribution in [0.5, 0.6) is 5.75 Å². The largest absolute Gasteiger partial charge is 0.495 e. The highest BCUT2D eigenvalue weighted by molar-refractivity contribution is 5.59. The Kier molecular flexibility index (Phi) is 3.77. The molecule has 1 aromatic rings. The molecule has 0 amide bonds. The summed E-state index contributed by atoms with van der Waals surface area (Å²) in [7, 11) is 3.47. The summed E-state index contributed by atoms with van der Waals surface area (Å²) in [5.41, 5.74) is 2.16. The van der Waals surface area contributed by atoms with Gasteiger partial charge in [-0.05, 0) is 24.1 Å². The predicted octanol–water partition coefficient (Wildman–Crippen LogP) is 1.64. The van der Waals surface area contributed by atoms with Gasteiger partial charge in [-0.25, -0.2) is 0 Å². The van der Waals surface area contributed by atoms with Gasteiger partial charge in [-0.15, -0.1) is 0 Å². The SMILES string of the molecule is CCc1ccc(OC)c(N(C)CO)c1. The molecule has 3 nitrogen and oxygen atoms in total. The highest BCUT2D eigenvalue weighted by atomic mass is 16.5. The van der Waals surface area contributed by atoms with Crippen LogP contribution in [0, 0.1) is 0 Å². The Morgan fingerprint density at radius 2 is 2.14 bits per heavy atom. The highest BCUT2D eigenvalue weighted by Gasteiger charge is 2.07. The van der Waals surface area contributed by atoms with Gasteiger partial charge in [0.05, 0.1) is 12.8 Å². The Hall–Kier alpha value is -1.22. The number of rotatable bonds is 4. The van der Waals surface area contributed by atoms with Crippen LogP contribution in [0.4, 0.5) is 5.69 Å². The lowest BCUT2D eigenvalue weighted by Gasteiger charge is -2.19. The van der Waals surface area contributed by atoms with E-state index in [2.05, 4.69) is 6.92 Å². The van der Waals surface area contributed by atoms with Gasteiger partial charge in [0, 0.05) is 7.05 Å². The van der Waals surface area contributed by atoms with Crippen LogP contribution in [0.2, 0.25) is 0 Å². The van der Waals surface area contributed by atoms with E-state index in [0.717, 1.165) is 17.9 Å². The molecule has 0 saturated carbocycles. The van der Waals surface area contributed by atoms with Crippen molar-refractivity contribution in [3.63, 3.8) is 0 Å². The summed E-state index contributed by atoms with van der Waals surface area (Å²) >= 11 is 0. The van der Waals surface area contributed by atoms with Crippen molar-refractivity contribution in [2.45, 2.75) is 13.3 Å². The number of nitrogens with zero attached hydrogens (tertiary/aromatic N) is 1. The van der Waals surface area contributed by atoms with E-state index in [9.17, 15) is 0 Å². The Balaban J connectivity index is 3.08. The molecule has 0 spiro atoms. The molecule has 14 heavy (non-hydrogen) atoms. The summed E-state index contributed by atoms with van der Waals surface area (Å²) in [6.07, 6.45) is 0.982. The Morgan fingerprint density at radius 3 is 2.64 bits per heavy atom. The van der Waals surface area contributed by atoms with Gasteiger partial charge in [-0.3, -0.25) is 0 Å². The molecule has 0 fully saturated rings. The molecule has 0 unspecified atom stereocenters. The minimum absolute atomic E-state index is 0.0104. The fourth-order valence-electron chi connectivity index (χ4n) is 1.33. The van der Waals surface area contributed by atoms with E-state index in [1.807, 2.05) is 25.2 Å². The summed E-state index contributed by atoms with van der Waals surface area (Å²) < 4.78 is 5.22. The minimum Gasteiger partial charge on any atom is -0.495 e. The third-order valence-corrected chi connectivity index (χ3v) is 2.27. The molecule has 0 aliphatic rings. The van der Waals surface area contributed by atoms with Crippen LogP contribution in [0.15, 0.2) is 18.2 Å². The zero-order chi connectivity index (χ0) is 10.6. The topological polar surface area (TPSA) is 32.7 Å². The van der Waals surface area contributed by atoms with Gasteiger partial charge in [0.1, 0.15) is 12.5 Å². The number of anilines is 1. The van der Waals surface area contributed by atoms with Gasteiger partial charge < -0.3 is 14.7 Å². The van der Waals surface area contributed by atoms with E-state index in [1.54, 1.807) is 12.0 Å². The number of hydrogen-bond acceptors (Lipinski definition) is 3. The number of aliphatic hydroxyl groups is 1. The number of ether oxygens (including phenoxy) is 1. The molecule has 1 rings (SSSR count). The maximum absolute atomic E-state index is 9.04. The second-order valence-corrected chi connectivity index (χ2v) is 3.20. The van der Waals surface area contributed by atoms with Crippen LogP contribution >= 0.6 is 0 Å². The van der Waals surface area contributed by atoms with Crippen molar-refractivity contribution < 1.29 is 9.84 Å². The zero-order valence-electron chi connectivity index (χ0n) is 8.95. The fraction of sp³-hybridized carbons (Fsp3) is 0.455. The number of benzene rings is 1. The molecule has 0 aliphatic heterocycles. The van der Waals surface area contributed by atoms with Crippen LogP contribution in [0.3, 0.4) is 0 Å². The molecule has 0 radical (unpaired) electrons. The summed E-state index contributed by atoms with van der Waals surface area (Å²) in [6, 6.07) is 6.00. The van der Waals surface area contributed by atoms with E-state index in [0.29, 0.717) is 0 Å². The van der Waals surface area contributed by atoms with Crippen LogP contribution in [0.25, 0.3) is 0 Å². The lowest BCUT2D eigenvalue weighted by atomic mass is 10.1. The zero-order valence-corrected chi connectivity index (χ0v) is 8.95. The monoisotopic (exact) mass is 195 g/mol. The van der Waals surface area contributed by atoms with Crippen molar-refractivity contribution in [3.8, 4) is 5.75 Å². The standard InChI is InChI=1S/C11H17NO2/c1-4-9-5-6-11(14-3)10(7-9)12(2)8-13/h5-7,13H,4,8H2,1-3H3. The van der Waals surface area contributed by atoms with Gasteiger partial charge in [-0.1, -0.05) is 13.0 Å². The molecule has 0 heterocycles. The normalized spacial score (nSPS) is 10.0.